The van der Waals surface area contributed by atoms with Gasteiger partial charge < -0.3 is 15.4 Å². The predicted molar refractivity (Wildman–Crippen MR) is 112 cm³/mol. The molecule has 0 unspecified atom stereocenters. The number of anilines is 1. The number of nitrogen functional groups attached to an aromatic ring is 1. The molecule has 28 heavy (non-hydrogen) atoms. The number of nitrogens with zero attached hydrogens (tertiary/aromatic N) is 4. The van der Waals surface area contributed by atoms with Gasteiger partial charge in [0.1, 0.15) is 24.4 Å². The second kappa shape index (κ2) is 6.84. The van der Waals surface area contributed by atoms with E-state index in [4.69, 9.17) is 25.2 Å². The van der Waals surface area contributed by atoms with E-state index in [1.807, 2.05) is 41.1 Å². The number of rotatable bonds is 3. The molecular weight excluding hydrogens is 373 g/mol. The topological polar surface area (TPSA) is 89.9 Å². The molecule has 3 aromatic heterocycles. The molecule has 0 aliphatic heterocycles. The van der Waals surface area contributed by atoms with Crippen molar-refractivity contribution in [3.05, 3.63) is 58.6 Å². The van der Waals surface area contributed by atoms with Crippen molar-refractivity contribution < 1.29 is 5.11 Å². The van der Waals surface area contributed by atoms with Crippen molar-refractivity contribution >= 4 is 41.9 Å². The number of halogens is 1. The van der Waals surface area contributed by atoms with Gasteiger partial charge in [0.15, 0.2) is 0 Å². The molecule has 8 heteroatoms. The fraction of sp³-hybridized carbons (Fsp3) is 0.150. The van der Waals surface area contributed by atoms with Crippen molar-refractivity contribution in [2.24, 2.45) is 0 Å². The first-order valence-corrected chi connectivity index (χ1v) is 9.06. The molecule has 0 spiro atoms. The lowest BCUT2D eigenvalue weighted by Crippen LogP contribution is -2.20. The summed E-state index contributed by atoms with van der Waals surface area (Å²) in [5.41, 5.74) is 10.5. The second-order valence-corrected chi connectivity index (χ2v) is 7.00. The highest BCUT2D eigenvalue weighted by molar-refractivity contribution is 6.35. The lowest BCUT2D eigenvalue weighted by atomic mass is 9.88. The van der Waals surface area contributed by atoms with Crippen molar-refractivity contribution in [1.82, 2.24) is 19.5 Å². The Morgan fingerprint density at radius 1 is 1.14 bits per heavy atom. The molecule has 3 heterocycles. The zero-order chi connectivity index (χ0) is 20.0. The Balaban J connectivity index is 1.94. The van der Waals surface area contributed by atoms with Crippen LogP contribution in [0.25, 0.3) is 22.2 Å². The molecule has 0 amide bonds. The fourth-order valence-electron chi connectivity index (χ4n) is 3.33. The highest BCUT2D eigenvalue weighted by atomic mass is 35.5. The zero-order valence-corrected chi connectivity index (χ0v) is 16.2. The molecule has 0 saturated carbocycles. The summed E-state index contributed by atoms with van der Waals surface area (Å²) in [6.45, 7) is 3.86. The number of benzene rings is 1. The minimum Gasteiger partial charge on any atom is -0.506 e. The van der Waals surface area contributed by atoms with Gasteiger partial charge in [0.25, 0.3) is 0 Å². The van der Waals surface area contributed by atoms with Crippen LogP contribution in [0.15, 0.2) is 36.5 Å². The van der Waals surface area contributed by atoms with Gasteiger partial charge in [-0.25, -0.2) is 4.98 Å². The minimum absolute atomic E-state index is 0.0930. The summed E-state index contributed by atoms with van der Waals surface area (Å²) < 4.78 is 1.90. The van der Waals surface area contributed by atoms with Crippen LogP contribution < -0.4 is 11.2 Å². The monoisotopic (exact) mass is 389 g/mol. The molecule has 0 aliphatic carbocycles. The quantitative estimate of drug-likeness (QED) is 0.415. The van der Waals surface area contributed by atoms with Gasteiger partial charge in [0.2, 0.25) is 5.95 Å². The molecule has 6 nitrogen and oxygen atoms in total. The van der Waals surface area contributed by atoms with Gasteiger partial charge in [-0.05, 0) is 25.0 Å². The normalized spacial score (nSPS) is 11.2. The maximum atomic E-state index is 10.1. The molecule has 0 atom stereocenters. The third kappa shape index (κ3) is 2.97. The van der Waals surface area contributed by atoms with Gasteiger partial charge in [-0.2, -0.15) is 4.98 Å². The van der Waals surface area contributed by atoms with Crippen LogP contribution in [0.5, 0.6) is 5.75 Å². The van der Waals surface area contributed by atoms with E-state index in [0.717, 1.165) is 11.1 Å². The SMILES string of the molecule is [B]c1c(Cn2cc(-c3ccccc3)c3c(Cl)nc(N)nc32)nc(C)c(O)c1C. The summed E-state index contributed by atoms with van der Waals surface area (Å²) in [6, 6.07) is 9.85. The van der Waals surface area contributed by atoms with E-state index in [1.54, 1.807) is 13.8 Å². The van der Waals surface area contributed by atoms with Crippen molar-refractivity contribution in [3.8, 4) is 16.9 Å². The number of nitrogens with two attached hydrogens (primary N) is 1. The Bertz CT molecular complexity index is 1210. The second-order valence-electron chi connectivity index (χ2n) is 6.64. The standard InChI is InChI=1S/C20H17BClN5O/c1-10-16(21)14(24-11(2)17(10)28)9-27-8-13(12-6-4-3-5-7-12)15-18(22)25-20(23)26-19(15)27/h3-8,28H,9H2,1-2H3,(H2,23,25,26). The largest absolute Gasteiger partial charge is 0.506 e. The highest BCUT2D eigenvalue weighted by Crippen LogP contribution is 2.34. The van der Waals surface area contributed by atoms with Crippen LogP contribution in [-0.4, -0.2) is 32.5 Å². The van der Waals surface area contributed by atoms with Gasteiger partial charge in [0.05, 0.1) is 23.3 Å². The molecule has 4 aromatic rings. The van der Waals surface area contributed by atoms with Gasteiger partial charge in [-0.3, -0.25) is 4.98 Å². The Kier molecular flexibility index (Phi) is 4.47. The first kappa shape index (κ1) is 18.3. The predicted octanol–water partition coefficient (Wildman–Crippen LogP) is 2.89. The van der Waals surface area contributed by atoms with E-state index in [2.05, 4.69) is 15.0 Å². The Labute approximate surface area is 168 Å². The Hall–Kier alpha value is -3.06. The van der Waals surface area contributed by atoms with Crippen LogP contribution in [-0.2, 0) is 6.54 Å². The lowest BCUT2D eigenvalue weighted by molar-refractivity contribution is 0.463. The van der Waals surface area contributed by atoms with Crippen LogP contribution >= 0.6 is 11.6 Å². The third-order valence-corrected chi connectivity index (χ3v) is 5.08. The summed E-state index contributed by atoms with van der Waals surface area (Å²) in [7, 11) is 6.20. The van der Waals surface area contributed by atoms with Crippen molar-refractivity contribution in [3.63, 3.8) is 0 Å². The van der Waals surface area contributed by atoms with Gasteiger partial charge in [-0.15, -0.1) is 0 Å². The molecule has 0 saturated heterocycles. The number of aryl methyl sites for hydroxylation is 1. The molecule has 0 fully saturated rings. The molecular formula is C20H17BClN5O. The van der Waals surface area contributed by atoms with Gasteiger partial charge in [-0.1, -0.05) is 47.4 Å². The van der Waals surface area contributed by atoms with E-state index in [-0.39, 0.29) is 11.7 Å². The van der Waals surface area contributed by atoms with E-state index in [9.17, 15) is 5.11 Å². The molecule has 2 radical (unpaired) electrons. The summed E-state index contributed by atoms with van der Waals surface area (Å²) in [6.07, 6.45) is 1.94. The maximum Gasteiger partial charge on any atom is 0.223 e. The fourth-order valence-corrected chi connectivity index (χ4v) is 3.60. The van der Waals surface area contributed by atoms with Crippen molar-refractivity contribution in [1.29, 1.82) is 0 Å². The Morgan fingerprint density at radius 3 is 2.57 bits per heavy atom. The van der Waals surface area contributed by atoms with Gasteiger partial charge >= 0.3 is 0 Å². The first-order chi connectivity index (χ1) is 13.4. The minimum atomic E-state index is 0.0930. The zero-order valence-electron chi connectivity index (χ0n) is 15.4. The molecule has 3 N–H and O–H groups in total. The van der Waals surface area contributed by atoms with Crippen LogP contribution in [0.4, 0.5) is 5.95 Å². The molecule has 138 valence electrons. The summed E-state index contributed by atoms with van der Waals surface area (Å²) in [5.74, 6) is 0.202. The molecule has 0 bridgehead atoms. The van der Waals surface area contributed by atoms with Crippen LogP contribution in [0.1, 0.15) is 17.0 Å². The van der Waals surface area contributed by atoms with Crippen LogP contribution in [0, 0.1) is 13.8 Å². The smallest absolute Gasteiger partial charge is 0.223 e. The van der Waals surface area contributed by atoms with E-state index in [0.29, 0.717) is 45.1 Å². The lowest BCUT2D eigenvalue weighted by Gasteiger charge is -2.13. The van der Waals surface area contributed by atoms with Crippen molar-refractivity contribution in [2.45, 2.75) is 20.4 Å². The van der Waals surface area contributed by atoms with Crippen LogP contribution in [0.2, 0.25) is 5.15 Å². The third-order valence-electron chi connectivity index (χ3n) is 4.81. The first-order valence-electron chi connectivity index (χ1n) is 8.68. The van der Waals surface area contributed by atoms with E-state index < -0.39 is 0 Å². The summed E-state index contributed by atoms with van der Waals surface area (Å²) in [5, 5.41) is 11.1. The van der Waals surface area contributed by atoms with Crippen molar-refractivity contribution in [2.75, 3.05) is 5.73 Å². The number of fused-ring (bicyclic) bond motifs is 1. The Morgan fingerprint density at radius 2 is 1.86 bits per heavy atom. The number of hydrogen-bond acceptors (Lipinski definition) is 5. The summed E-state index contributed by atoms with van der Waals surface area (Å²) >= 11 is 6.42. The molecule has 0 aliphatic rings. The van der Waals surface area contributed by atoms with Crippen LogP contribution in [0.3, 0.4) is 0 Å². The summed E-state index contributed by atoms with van der Waals surface area (Å²) in [4.78, 5) is 13.0. The maximum absolute atomic E-state index is 10.1. The number of hydrogen-bond donors (Lipinski definition) is 2. The average Bonchev–Trinajstić information content (AvgIpc) is 3.03. The number of aromatic nitrogens is 4. The molecule has 4 rings (SSSR count). The number of pyridine rings is 1. The van der Waals surface area contributed by atoms with E-state index >= 15 is 0 Å². The average molecular weight is 390 g/mol. The van der Waals surface area contributed by atoms with E-state index in [1.165, 1.54) is 0 Å². The molecule has 1 aromatic carbocycles. The number of aromatic hydroxyl groups is 1. The van der Waals surface area contributed by atoms with Gasteiger partial charge in [0, 0.05) is 11.8 Å². The highest BCUT2D eigenvalue weighted by Gasteiger charge is 2.18.